The van der Waals surface area contributed by atoms with E-state index in [1.54, 1.807) is 12.1 Å². The second-order valence-corrected chi connectivity index (χ2v) is 4.97. The van der Waals surface area contributed by atoms with E-state index in [4.69, 9.17) is 4.74 Å². The number of aromatic nitrogens is 1. The molecule has 1 heterocycles. The molecule has 23 heavy (non-hydrogen) atoms. The van der Waals surface area contributed by atoms with Crippen molar-refractivity contribution in [3.63, 3.8) is 0 Å². The summed E-state index contributed by atoms with van der Waals surface area (Å²) in [5.41, 5.74) is 1.81. The summed E-state index contributed by atoms with van der Waals surface area (Å²) in [4.78, 5) is 0. The summed E-state index contributed by atoms with van der Waals surface area (Å²) in [7, 11) is 0. The molecule has 1 aromatic heterocycles. The first-order valence-electron chi connectivity index (χ1n) is 7.38. The third-order valence-corrected chi connectivity index (χ3v) is 3.41. The third kappa shape index (κ3) is 2.94. The van der Waals surface area contributed by atoms with E-state index in [-0.39, 0.29) is 11.8 Å². The summed E-state index contributed by atoms with van der Waals surface area (Å²) in [5, 5.41) is 23.8. The Hall–Kier alpha value is -3.08. The van der Waals surface area contributed by atoms with Gasteiger partial charge < -0.3 is 20.3 Å². The maximum Gasteiger partial charge on any atom is 0.223 e. The van der Waals surface area contributed by atoms with Gasteiger partial charge in [-0.1, -0.05) is 30.3 Å². The molecule has 0 aliphatic heterocycles. The Morgan fingerprint density at radius 3 is 2.43 bits per heavy atom. The smallest absolute Gasteiger partial charge is 0.223 e. The normalized spacial score (nSPS) is 10.5. The number of para-hydroxylation sites is 3. The van der Waals surface area contributed by atoms with Gasteiger partial charge in [0.05, 0.1) is 12.3 Å². The topological polar surface area (TPSA) is 66.7 Å². The van der Waals surface area contributed by atoms with Crippen LogP contribution in [0.4, 0.5) is 11.4 Å². The Bertz CT molecular complexity index is 797. The number of hydrogen-bond donors (Lipinski definition) is 3. The standard InChI is InChI=1S/C18H18N2O3/c1-2-23-16-11-7-6-10-15(16)20-17(21)12-14(18(20)22)19-13-8-4-3-5-9-13/h3-12,19,21-22H,2H2,1H3. The van der Waals surface area contributed by atoms with Gasteiger partial charge in [-0.05, 0) is 31.2 Å². The molecular weight excluding hydrogens is 292 g/mol. The van der Waals surface area contributed by atoms with Crippen molar-refractivity contribution in [1.82, 2.24) is 4.57 Å². The van der Waals surface area contributed by atoms with Crippen molar-refractivity contribution in [2.24, 2.45) is 0 Å². The number of benzene rings is 2. The predicted molar refractivity (Wildman–Crippen MR) is 90.0 cm³/mol. The highest BCUT2D eigenvalue weighted by Crippen LogP contribution is 2.39. The molecule has 0 saturated carbocycles. The summed E-state index contributed by atoms with van der Waals surface area (Å²) in [6.07, 6.45) is 0. The minimum atomic E-state index is -0.0847. The number of nitrogens with one attached hydrogen (secondary N) is 1. The van der Waals surface area contributed by atoms with Crippen molar-refractivity contribution in [3.05, 3.63) is 60.7 Å². The van der Waals surface area contributed by atoms with E-state index in [2.05, 4.69) is 5.32 Å². The molecule has 3 N–H and O–H groups in total. The summed E-state index contributed by atoms with van der Waals surface area (Å²) in [6, 6.07) is 18.2. The lowest BCUT2D eigenvalue weighted by Crippen LogP contribution is -2.00. The number of anilines is 2. The van der Waals surface area contributed by atoms with E-state index in [1.807, 2.05) is 49.4 Å². The Morgan fingerprint density at radius 1 is 1.00 bits per heavy atom. The number of ether oxygens (including phenoxy) is 1. The third-order valence-electron chi connectivity index (χ3n) is 3.41. The van der Waals surface area contributed by atoms with E-state index in [9.17, 15) is 10.2 Å². The van der Waals surface area contributed by atoms with Crippen LogP contribution in [0.1, 0.15) is 6.92 Å². The maximum absolute atomic E-state index is 10.5. The van der Waals surface area contributed by atoms with E-state index in [1.165, 1.54) is 10.6 Å². The number of aromatic hydroxyl groups is 2. The average Bonchev–Trinajstić information content (AvgIpc) is 2.83. The zero-order valence-corrected chi connectivity index (χ0v) is 12.7. The van der Waals surface area contributed by atoms with Crippen LogP contribution in [0.5, 0.6) is 17.5 Å². The lowest BCUT2D eigenvalue weighted by atomic mass is 10.3. The number of hydrogen-bond acceptors (Lipinski definition) is 4. The zero-order valence-electron chi connectivity index (χ0n) is 12.7. The molecule has 0 spiro atoms. The van der Waals surface area contributed by atoms with Crippen LogP contribution in [0.15, 0.2) is 60.7 Å². The Kier molecular flexibility index (Phi) is 4.10. The molecule has 0 bridgehead atoms. The van der Waals surface area contributed by atoms with E-state index in [0.29, 0.717) is 23.7 Å². The summed E-state index contributed by atoms with van der Waals surface area (Å²) in [6.45, 7) is 2.38. The molecule has 0 aliphatic rings. The predicted octanol–water partition coefficient (Wildman–Crippen LogP) is 4.03. The van der Waals surface area contributed by atoms with Gasteiger partial charge >= 0.3 is 0 Å². The van der Waals surface area contributed by atoms with Crippen LogP contribution >= 0.6 is 0 Å². The Balaban J connectivity index is 2.02. The number of rotatable bonds is 5. The summed E-state index contributed by atoms with van der Waals surface area (Å²) in [5.74, 6) is 0.425. The highest BCUT2D eigenvalue weighted by molar-refractivity contribution is 5.69. The first kappa shape index (κ1) is 14.8. The van der Waals surface area contributed by atoms with Gasteiger partial charge in [-0.2, -0.15) is 0 Å². The minimum Gasteiger partial charge on any atom is -0.494 e. The lowest BCUT2D eigenvalue weighted by Gasteiger charge is -2.13. The van der Waals surface area contributed by atoms with Gasteiger partial charge in [0, 0.05) is 11.8 Å². The fourth-order valence-electron chi connectivity index (χ4n) is 2.41. The van der Waals surface area contributed by atoms with Crippen LogP contribution < -0.4 is 10.1 Å². The highest BCUT2D eigenvalue weighted by Gasteiger charge is 2.18. The van der Waals surface area contributed by atoms with E-state index in [0.717, 1.165) is 5.69 Å². The van der Waals surface area contributed by atoms with Crippen LogP contribution in [-0.4, -0.2) is 21.4 Å². The molecule has 3 rings (SSSR count). The van der Waals surface area contributed by atoms with Gasteiger partial charge in [-0.3, -0.25) is 0 Å². The van der Waals surface area contributed by atoms with Gasteiger partial charge in [-0.25, -0.2) is 4.57 Å². The quantitative estimate of drug-likeness (QED) is 0.665. The molecule has 0 fully saturated rings. The average molecular weight is 310 g/mol. The molecule has 0 unspecified atom stereocenters. The van der Waals surface area contributed by atoms with Gasteiger partial charge in [0.1, 0.15) is 11.4 Å². The molecule has 0 atom stereocenters. The zero-order chi connectivity index (χ0) is 16.2. The highest BCUT2D eigenvalue weighted by atomic mass is 16.5. The molecular formula is C18H18N2O3. The number of nitrogens with zero attached hydrogens (tertiary/aromatic N) is 1. The molecule has 118 valence electrons. The Morgan fingerprint density at radius 2 is 1.70 bits per heavy atom. The fourth-order valence-corrected chi connectivity index (χ4v) is 2.41. The van der Waals surface area contributed by atoms with Gasteiger partial charge in [-0.15, -0.1) is 0 Å². The second-order valence-electron chi connectivity index (χ2n) is 4.97. The first-order valence-corrected chi connectivity index (χ1v) is 7.38. The van der Waals surface area contributed by atoms with Crippen LogP contribution in [0.25, 0.3) is 5.69 Å². The van der Waals surface area contributed by atoms with Crippen LogP contribution in [-0.2, 0) is 0 Å². The molecule has 3 aromatic rings. The Labute approximate surface area is 134 Å². The monoisotopic (exact) mass is 310 g/mol. The minimum absolute atomic E-state index is 0.0758. The van der Waals surface area contributed by atoms with Crippen LogP contribution in [0.2, 0.25) is 0 Å². The van der Waals surface area contributed by atoms with Gasteiger partial charge in [0.15, 0.2) is 0 Å². The second kappa shape index (κ2) is 6.36. The van der Waals surface area contributed by atoms with E-state index >= 15 is 0 Å². The maximum atomic E-state index is 10.5. The molecule has 2 aromatic carbocycles. The van der Waals surface area contributed by atoms with Gasteiger partial charge in [0.25, 0.3) is 0 Å². The van der Waals surface area contributed by atoms with Crippen molar-refractivity contribution in [1.29, 1.82) is 0 Å². The lowest BCUT2D eigenvalue weighted by molar-refractivity contribution is 0.334. The molecule has 5 heteroatoms. The van der Waals surface area contributed by atoms with Crippen molar-refractivity contribution in [3.8, 4) is 23.2 Å². The SMILES string of the molecule is CCOc1ccccc1-n1c(O)cc(Nc2ccccc2)c1O. The van der Waals surface area contributed by atoms with Crippen LogP contribution in [0.3, 0.4) is 0 Å². The fraction of sp³-hybridized carbons (Fsp3) is 0.111. The van der Waals surface area contributed by atoms with E-state index < -0.39 is 0 Å². The van der Waals surface area contributed by atoms with Crippen LogP contribution in [0, 0.1) is 0 Å². The summed E-state index contributed by atoms with van der Waals surface area (Å²) < 4.78 is 6.91. The van der Waals surface area contributed by atoms with Crippen molar-refractivity contribution in [2.75, 3.05) is 11.9 Å². The first-order chi connectivity index (χ1) is 11.2. The van der Waals surface area contributed by atoms with Crippen molar-refractivity contribution >= 4 is 11.4 Å². The molecule has 0 amide bonds. The summed E-state index contributed by atoms with van der Waals surface area (Å²) >= 11 is 0. The molecule has 5 nitrogen and oxygen atoms in total. The largest absolute Gasteiger partial charge is 0.494 e. The van der Waals surface area contributed by atoms with Crippen molar-refractivity contribution in [2.45, 2.75) is 6.92 Å². The van der Waals surface area contributed by atoms with Crippen molar-refractivity contribution < 1.29 is 14.9 Å². The molecule has 0 aliphatic carbocycles. The molecule has 0 radical (unpaired) electrons. The van der Waals surface area contributed by atoms with Gasteiger partial charge in [0.2, 0.25) is 11.8 Å². The molecule has 0 saturated heterocycles.